The number of likely N-dealkylation sites (tertiary alicyclic amines) is 1. The summed E-state index contributed by atoms with van der Waals surface area (Å²) in [7, 11) is 0. The number of nitrogens with zero attached hydrogens (tertiary/aromatic N) is 2. The Morgan fingerprint density at radius 1 is 1.09 bits per heavy atom. The van der Waals surface area contributed by atoms with Crippen LogP contribution in [0, 0.1) is 0 Å². The Hall–Kier alpha value is -3.97. The van der Waals surface area contributed by atoms with E-state index in [1.54, 1.807) is 67.0 Å². The fourth-order valence-electron chi connectivity index (χ4n) is 3.94. The number of carbonyl (C=O) groups is 3. The number of hydrogen-bond donors (Lipinski definition) is 1. The normalized spacial score (nSPS) is 17.0. The Bertz CT molecular complexity index is 1290. The van der Waals surface area contributed by atoms with Crippen LogP contribution in [0.2, 0.25) is 5.02 Å². The molecule has 1 atom stereocenters. The van der Waals surface area contributed by atoms with E-state index in [4.69, 9.17) is 16.3 Å². The number of benzene rings is 2. The Labute approximate surface area is 207 Å². The highest BCUT2D eigenvalue weighted by Gasteiger charge is 2.46. The van der Waals surface area contributed by atoms with E-state index in [9.17, 15) is 19.5 Å². The number of esters is 1. The first kappa shape index (κ1) is 24.2. The topological polar surface area (TPSA) is 96.8 Å². The summed E-state index contributed by atoms with van der Waals surface area (Å²) >= 11 is 6.07. The minimum Gasteiger partial charge on any atom is -0.507 e. The maximum absolute atomic E-state index is 13.1. The van der Waals surface area contributed by atoms with Gasteiger partial charge in [-0.25, -0.2) is 4.79 Å². The predicted octanol–water partition coefficient (Wildman–Crippen LogP) is 4.92. The highest BCUT2D eigenvalue weighted by Crippen LogP contribution is 2.40. The molecule has 1 aromatic heterocycles. The van der Waals surface area contributed by atoms with Crippen molar-refractivity contribution in [3.05, 3.63) is 106 Å². The summed E-state index contributed by atoms with van der Waals surface area (Å²) in [5, 5.41) is 11.5. The number of pyridine rings is 1. The van der Waals surface area contributed by atoms with Gasteiger partial charge in [0.2, 0.25) is 0 Å². The van der Waals surface area contributed by atoms with Crippen LogP contribution >= 0.6 is 11.6 Å². The predicted molar refractivity (Wildman–Crippen MR) is 131 cm³/mol. The van der Waals surface area contributed by atoms with Crippen LogP contribution in [-0.4, -0.2) is 39.3 Å². The van der Waals surface area contributed by atoms with E-state index < -0.39 is 23.7 Å². The number of ether oxygens (including phenoxy) is 1. The van der Waals surface area contributed by atoms with Crippen LogP contribution < -0.4 is 0 Å². The van der Waals surface area contributed by atoms with E-state index in [0.717, 1.165) is 6.42 Å². The van der Waals surface area contributed by atoms with Crippen LogP contribution in [0.4, 0.5) is 0 Å². The summed E-state index contributed by atoms with van der Waals surface area (Å²) < 4.78 is 5.15. The van der Waals surface area contributed by atoms with Gasteiger partial charge in [0.25, 0.3) is 11.7 Å². The van der Waals surface area contributed by atoms with E-state index in [0.29, 0.717) is 33.9 Å². The largest absolute Gasteiger partial charge is 0.507 e. The molecule has 0 bridgehead atoms. The van der Waals surface area contributed by atoms with E-state index >= 15 is 0 Å². The molecule has 1 unspecified atom stereocenters. The number of amides is 1. The zero-order valence-electron chi connectivity index (χ0n) is 19.0. The van der Waals surface area contributed by atoms with Crippen molar-refractivity contribution in [1.29, 1.82) is 0 Å². The summed E-state index contributed by atoms with van der Waals surface area (Å²) in [4.78, 5) is 43.8. The quantitative estimate of drug-likeness (QED) is 0.218. The van der Waals surface area contributed by atoms with Crippen LogP contribution in [0.5, 0.6) is 0 Å². The van der Waals surface area contributed by atoms with Gasteiger partial charge in [0.1, 0.15) is 5.76 Å². The lowest BCUT2D eigenvalue weighted by Gasteiger charge is -2.25. The second-order valence-corrected chi connectivity index (χ2v) is 8.49. The van der Waals surface area contributed by atoms with Gasteiger partial charge in [-0.15, -0.1) is 0 Å². The molecule has 4 rings (SSSR count). The molecule has 1 aliphatic heterocycles. The number of hydrogen-bond acceptors (Lipinski definition) is 6. The maximum Gasteiger partial charge on any atom is 0.338 e. The molecule has 1 aliphatic rings. The number of aromatic nitrogens is 1. The highest BCUT2D eigenvalue weighted by atomic mass is 35.5. The number of aliphatic hydroxyl groups is 1. The first-order chi connectivity index (χ1) is 16.9. The van der Waals surface area contributed by atoms with Crippen molar-refractivity contribution in [2.75, 3.05) is 6.61 Å². The van der Waals surface area contributed by atoms with Gasteiger partial charge in [-0.05, 0) is 47.9 Å². The van der Waals surface area contributed by atoms with Crippen molar-refractivity contribution >= 4 is 35.0 Å². The third-order valence-corrected chi connectivity index (χ3v) is 5.85. The summed E-state index contributed by atoms with van der Waals surface area (Å²) in [6, 6.07) is 15.7. The standard InChI is InChI=1S/C27H23ClN2O5/c1-2-13-35-27(34)18-10-8-17(9-11-18)16-30-23(20-6-4-12-29-15-20)22(25(32)26(30)33)24(31)19-5-3-7-21(28)14-19/h3-12,14-15,23,31H,2,13,16H2,1H3/b24-22+. The van der Waals surface area contributed by atoms with Crippen molar-refractivity contribution in [2.24, 2.45) is 0 Å². The Morgan fingerprint density at radius 2 is 1.86 bits per heavy atom. The van der Waals surface area contributed by atoms with Crippen LogP contribution in [0.1, 0.15) is 46.4 Å². The number of ketones is 1. The summed E-state index contributed by atoms with van der Waals surface area (Å²) in [5.74, 6) is -2.27. The molecule has 0 aliphatic carbocycles. The van der Waals surface area contributed by atoms with Crippen LogP contribution in [0.3, 0.4) is 0 Å². The van der Waals surface area contributed by atoms with Gasteiger partial charge in [0, 0.05) is 29.5 Å². The second kappa shape index (κ2) is 10.5. The fourth-order valence-corrected chi connectivity index (χ4v) is 4.13. The third-order valence-electron chi connectivity index (χ3n) is 5.62. The molecule has 0 spiro atoms. The van der Waals surface area contributed by atoms with Gasteiger partial charge >= 0.3 is 5.97 Å². The molecule has 35 heavy (non-hydrogen) atoms. The van der Waals surface area contributed by atoms with Gasteiger partial charge < -0.3 is 14.7 Å². The fraction of sp³-hybridized carbons (Fsp3) is 0.185. The Morgan fingerprint density at radius 3 is 2.51 bits per heavy atom. The number of aliphatic hydroxyl groups excluding tert-OH is 1. The van der Waals surface area contributed by atoms with Gasteiger partial charge in [-0.3, -0.25) is 14.6 Å². The van der Waals surface area contributed by atoms with Gasteiger partial charge in [0.15, 0.2) is 0 Å². The Kier molecular flexibility index (Phi) is 7.27. The minimum atomic E-state index is -0.850. The lowest BCUT2D eigenvalue weighted by molar-refractivity contribution is -0.140. The zero-order chi connectivity index (χ0) is 24.9. The molecule has 2 heterocycles. The third kappa shape index (κ3) is 5.10. The van der Waals surface area contributed by atoms with E-state index in [-0.39, 0.29) is 17.9 Å². The van der Waals surface area contributed by atoms with Crippen molar-refractivity contribution in [2.45, 2.75) is 25.9 Å². The molecule has 7 nitrogen and oxygen atoms in total. The molecule has 1 amide bonds. The van der Waals surface area contributed by atoms with Gasteiger partial charge in [0.05, 0.1) is 23.8 Å². The second-order valence-electron chi connectivity index (χ2n) is 8.06. The molecule has 8 heteroatoms. The number of rotatable bonds is 7. The Balaban J connectivity index is 1.71. The van der Waals surface area contributed by atoms with Gasteiger partial charge in [-0.2, -0.15) is 0 Å². The molecular formula is C27H23ClN2O5. The minimum absolute atomic E-state index is 0.0370. The van der Waals surface area contributed by atoms with Crippen molar-refractivity contribution in [3.8, 4) is 0 Å². The molecule has 178 valence electrons. The number of carbonyl (C=O) groups excluding carboxylic acids is 3. The smallest absolute Gasteiger partial charge is 0.338 e. The SMILES string of the molecule is CCCOC(=O)c1ccc(CN2C(=O)C(=O)/C(=C(/O)c3cccc(Cl)c3)C2c2cccnc2)cc1. The maximum atomic E-state index is 13.1. The molecule has 1 fully saturated rings. The molecule has 3 aromatic rings. The summed E-state index contributed by atoms with van der Waals surface area (Å²) in [6.45, 7) is 2.33. The summed E-state index contributed by atoms with van der Waals surface area (Å²) in [6.07, 6.45) is 3.87. The molecule has 2 aromatic carbocycles. The van der Waals surface area contributed by atoms with E-state index in [2.05, 4.69) is 4.98 Å². The van der Waals surface area contributed by atoms with Crippen LogP contribution in [0.25, 0.3) is 5.76 Å². The van der Waals surface area contributed by atoms with E-state index in [1.807, 2.05) is 6.92 Å². The van der Waals surface area contributed by atoms with Crippen LogP contribution in [0.15, 0.2) is 78.6 Å². The van der Waals surface area contributed by atoms with Crippen molar-refractivity contribution < 1.29 is 24.2 Å². The summed E-state index contributed by atoms with van der Waals surface area (Å²) in [5.41, 5.74) is 1.98. The van der Waals surface area contributed by atoms with Crippen molar-refractivity contribution in [3.63, 3.8) is 0 Å². The number of Topliss-reactive ketones (excluding diaryl/α,β-unsaturated/α-hetero) is 1. The monoisotopic (exact) mass is 490 g/mol. The van der Waals surface area contributed by atoms with Crippen molar-refractivity contribution in [1.82, 2.24) is 9.88 Å². The molecular weight excluding hydrogens is 468 g/mol. The average Bonchev–Trinajstić information content (AvgIpc) is 3.12. The molecule has 0 radical (unpaired) electrons. The molecule has 1 saturated heterocycles. The lowest BCUT2D eigenvalue weighted by atomic mass is 9.96. The molecule has 1 N–H and O–H groups in total. The first-order valence-corrected chi connectivity index (χ1v) is 11.5. The lowest BCUT2D eigenvalue weighted by Crippen LogP contribution is -2.29. The average molecular weight is 491 g/mol. The van der Waals surface area contributed by atoms with E-state index in [1.165, 1.54) is 11.0 Å². The number of halogens is 1. The van der Waals surface area contributed by atoms with Gasteiger partial charge in [-0.1, -0.05) is 48.9 Å². The zero-order valence-corrected chi connectivity index (χ0v) is 19.7. The van der Waals surface area contributed by atoms with Crippen LogP contribution in [-0.2, 0) is 20.9 Å². The molecule has 0 saturated carbocycles. The highest BCUT2D eigenvalue weighted by molar-refractivity contribution is 6.46. The first-order valence-electron chi connectivity index (χ1n) is 11.1.